The van der Waals surface area contributed by atoms with Crippen LogP contribution in [0.5, 0.6) is 0 Å². The SMILES string of the molecule is C[C@H](c1ccc(Cl)cc1Cl)n1nc(C#N)c2ccc(N3CCN(C(=O)C4CCCN4)[C@H](CO)C3)cc21. The number of nitrogens with zero attached hydrogens (tertiary/aromatic N) is 5. The molecule has 2 aliphatic heterocycles. The molecule has 1 unspecified atom stereocenters. The van der Waals surface area contributed by atoms with Crippen LogP contribution < -0.4 is 10.2 Å². The minimum atomic E-state index is -0.282. The molecule has 1 amide bonds. The predicted octanol–water partition coefficient (Wildman–Crippen LogP) is 3.59. The molecule has 10 heteroatoms. The summed E-state index contributed by atoms with van der Waals surface area (Å²) in [5, 5.41) is 29.5. The molecule has 0 spiro atoms. The van der Waals surface area contributed by atoms with Crippen LogP contribution in [0.25, 0.3) is 10.9 Å². The summed E-state index contributed by atoms with van der Waals surface area (Å²) in [5.74, 6) is 0.0760. The zero-order valence-corrected chi connectivity index (χ0v) is 21.5. The van der Waals surface area contributed by atoms with E-state index in [1.54, 1.807) is 12.1 Å². The molecule has 2 aromatic carbocycles. The molecule has 2 saturated heterocycles. The second kappa shape index (κ2) is 10.3. The van der Waals surface area contributed by atoms with Gasteiger partial charge in [0.1, 0.15) is 6.07 Å². The summed E-state index contributed by atoms with van der Waals surface area (Å²) in [7, 11) is 0. The largest absolute Gasteiger partial charge is 0.394 e. The van der Waals surface area contributed by atoms with Gasteiger partial charge in [0.25, 0.3) is 0 Å². The summed E-state index contributed by atoms with van der Waals surface area (Å²) in [6, 6.07) is 12.8. The van der Waals surface area contributed by atoms with Gasteiger partial charge in [-0.2, -0.15) is 10.4 Å². The summed E-state index contributed by atoms with van der Waals surface area (Å²) >= 11 is 12.6. The second-order valence-corrected chi connectivity index (χ2v) is 10.3. The Hall–Kier alpha value is -2.83. The van der Waals surface area contributed by atoms with Gasteiger partial charge in [-0.3, -0.25) is 9.48 Å². The Balaban J connectivity index is 1.45. The van der Waals surface area contributed by atoms with Crippen LogP contribution in [-0.4, -0.2) is 70.6 Å². The number of fused-ring (bicyclic) bond motifs is 1. The number of nitrogens with one attached hydrogen (secondary N) is 1. The fourth-order valence-electron chi connectivity index (χ4n) is 5.30. The van der Waals surface area contributed by atoms with Gasteiger partial charge < -0.3 is 20.2 Å². The number of carbonyl (C=O) groups is 1. The number of aliphatic hydroxyl groups excluding tert-OH is 1. The lowest BCUT2D eigenvalue weighted by atomic mass is 10.1. The van der Waals surface area contributed by atoms with Gasteiger partial charge in [0.05, 0.1) is 30.2 Å². The van der Waals surface area contributed by atoms with Crippen molar-refractivity contribution in [2.45, 2.75) is 37.9 Å². The number of piperazine rings is 1. The van der Waals surface area contributed by atoms with Gasteiger partial charge in [-0.1, -0.05) is 29.3 Å². The molecule has 0 radical (unpaired) electrons. The molecule has 2 fully saturated rings. The van der Waals surface area contributed by atoms with E-state index in [4.69, 9.17) is 23.2 Å². The van der Waals surface area contributed by atoms with Crippen LogP contribution >= 0.6 is 23.2 Å². The molecule has 1 aromatic heterocycles. The van der Waals surface area contributed by atoms with Crippen molar-refractivity contribution >= 4 is 45.7 Å². The summed E-state index contributed by atoms with van der Waals surface area (Å²) < 4.78 is 1.82. The number of halogens is 2. The van der Waals surface area contributed by atoms with E-state index in [0.29, 0.717) is 35.4 Å². The van der Waals surface area contributed by atoms with E-state index in [-0.39, 0.29) is 30.6 Å². The minimum Gasteiger partial charge on any atom is -0.394 e. The van der Waals surface area contributed by atoms with Crippen LogP contribution in [0.3, 0.4) is 0 Å². The van der Waals surface area contributed by atoms with E-state index < -0.39 is 0 Å². The van der Waals surface area contributed by atoms with Gasteiger partial charge in [0.15, 0.2) is 5.69 Å². The van der Waals surface area contributed by atoms with Crippen molar-refractivity contribution in [1.29, 1.82) is 5.26 Å². The molecule has 188 valence electrons. The van der Waals surface area contributed by atoms with Crippen LogP contribution in [-0.2, 0) is 4.79 Å². The molecule has 2 aliphatic rings. The van der Waals surface area contributed by atoms with E-state index in [1.165, 1.54) is 0 Å². The Bertz CT molecular complexity index is 1330. The predicted molar refractivity (Wildman–Crippen MR) is 141 cm³/mol. The maximum atomic E-state index is 13.0. The van der Waals surface area contributed by atoms with Crippen molar-refractivity contribution in [2.75, 3.05) is 37.7 Å². The van der Waals surface area contributed by atoms with Gasteiger partial charge in [-0.25, -0.2) is 0 Å². The minimum absolute atomic E-state index is 0.0760. The first kappa shape index (κ1) is 24.8. The molecular weight excluding hydrogens is 499 g/mol. The topological polar surface area (TPSA) is 97.4 Å². The van der Waals surface area contributed by atoms with Crippen molar-refractivity contribution in [3.63, 3.8) is 0 Å². The molecule has 0 bridgehead atoms. The molecule has 36 heavy (non-hydrogen) atoms. The van der Waals surface area contributed by atoms with E-state index in [9.17, 15) is 15.2 Å². The lowest BCUT2D eigenvalue weighted by molar-refractivity contribution is -0.136. The Labute approximate surface area is 220 Å². The van der Waals surface area contributed by atoms with Crippen LogP contribution in [0.2, 0.25) is 10.0 Å². The molecule has 8 nitrogen and oxygen atoms in total. The first-order chi connectivity index (χ1) is 17.4. The van der Waals surface area contributed by atoms with Gasteiger partial charge >= 0.3 is 0 Å². The molecule has 0 aliphatic carbocycles. The highest BCUT2D eigenvalue weighted by atomic mass is 35.5. The number of hydrogen-bond donors (Lipinski definition) is 2. The maximum Gasteiger partial charge on any atom is 0.240 e. The lowest BCUT2D eigenvalue weighted by Gasteiger charge is -2.42. The summed E-state index contributed by atoms with van der Waals surface area (Å²) in [5.41, 5.74) is 2.97. The lowest BCUT2D eigenvalue weighted by Crippen LogP contribution is -2.59. The highest BCUT2D eigenvalue weighted by Crippen LogP contribution is 2.33. The number of carbonyl (C=O) groups excluding carboxylic acids is 1. The van der Waals surface area contributed by atoms with Crippen molar-refractivity contribution in [3.05, 3.63) is 57.7 Å². The van der Waals surface area contributed by atoms with Gasteiger partial charge in [0.2, 0.25) is 5.91 Å². The summed E-state index contributed by atoms with van der Waals surface area (Å²) in [4.78, 5) is 17.0. The van der Waals surface area contributed by atoms with Gasteiger partial charge in [0, 0.05) is 40.8 Å². The average molecular weight is 527 g/mol. The number of aromatic nitrogens is 2. The smallest absolute Gasteiger partial charge is 0.240 e. The van der Waals surface area contributed by atoms with Crippen LogP contribution in [0, 0.1) is 11.3 Å². The molecule has 3 aromatic rings. The van der Waals surface area contributed by atoms with Gasteiger partial charge in [-0.15, -0.1) is 0 Å². The Morgan fingerprint density at radius 1 is 1.28 bits per heavy atom. The number of aliphatic hydroxyl groups is 1. The quantitative estimate of drug-likeness (QED) is 0.527. The number of anilines is 1. The highest BCUT2D eigenvalue weighted by molar-refractivity contribution is 6.35. The first-order valence-electron chi connectivity index (χ1n) is 12.2. The number of nitriles is 1. The third-order valence-electron chi connectivity index (χ3n) is 7.28. The van der Waals surface area contributed by atoms with Crippen molar-refractivity contribution in [1.82, 2.24) is 20.0 Å². The van der Waals surface area contributed by atoms with Gasteiger partial charge in [-0.05, 0) is 62.2 Å². The van der Waals surface area contributed by atoms with Crippen molar-refractivity contribution in [3.8, 4) is 6.07 Å². The van der Waals surface area contributed by atoms with E-state index in [2.05, 4.69) is 21.4 Å². The Morgan fingerprint density at radius 3 is 2.81 bits per heavy atom. The van der Waals surface area contributed by atoms with E-state index in [0.717, 1.165) is 41.5 Å². The van der Waals surface area contributed by atoms with Crippen LogP contribution in [0.15, 0.2) is 36.4 Å². The van der Waals surface area contributed by atoms with Crippen molar-refractivity contribution < 1.29 is 9.90 Å². The summed E-state index contributed by atoms with van der Waals surface area (Å²) in [6.45, 7) is 4.47. The molecule has 3 atom stereocenters. The highest BCUT2D eigenvalue weighted by Gasteiger charge is 2.35. The zero-order valence-electron chi connectivity index (χ0n) is 20.0. The molecular formula is C26H28Cl2N6O2. The normalized spacial score (nSPS) is 21.1. The summed E-state index contributed by atoms with van der Waals surface area (Å²) in [6.07, 6.45) is 1.84. The third kappa shape index (κ3) is 4.53. The average Bonchev–Trinajstić information content (AvgIpc) is 3.55. The van der Waals surface area contributed by atoms with Crippen molar-refractivity contribution in [2.24, 2.45) is 0 Å². The molecule has 3 heterocycles. The fraction of sp³-hybridized carbons (Fsp3) is 0.423. The number of hydrogen-bond acceptors (Lipinski definition) is 6. The molecule has 5 rings (SSSR count). The molecule has 0 saturated carbocycles. The Morgan fingerprint density at radius 2 is 2.11 bits per heavy atom. The number of rotatable bonds is 5. The zero-order chi connectivity index (χ0) is 25.4. The van der Waals surface area contributed by atoms with E-state index in [1.807, 2.05) is 40.8 Å². The standard InChI is InChI=1S/C26H28Cl2N6O2/c1-16(20-6-4-17(27)11-22(20)28)34-25-12-18(5-7-21(25)24(13-29)31-34)32-9-10-33(19(14-32)15-35)26(36)23-3-2-8-30-23/h4-7,11-12,16,19,23,30,35H,2-3,8-10,14-15H2,1H3/t16-,19+,23?/m1/s1. The number of benzene rings is 2. The maximum absolute atomic E-state index is 13.0. The third-order valence-corrected chi connectivity index (χ3v) is 7.84. The monoisotopic (exact) mass is 526 g/mol. The van der Waals surface area contributed by atoms with Crippen LogP contribution in [0.1, 0.15) is 37.1 Å². The molecule has 2 N–H and O–H groups in total. The second-order valence-electron chi connectivity index (χ2n) is 9.41. The first-order valence-corrected chi connectivity index (χ1v) is 12.9. The fourth-order valence-corrected chi connectivity index (χ4v) is 5.87. The Kier molecular flexibility index (Phi) is 7.09. The van der Waals surface area contributed by atoms with E-state index >= 15 is 0 Å². The van der Waals surface area contributed by atoms with Crippen LogP contribution in [0.4, 0.5) is 5.69 Å². The number of amides is 1.